The van der Waals surface area contributed by atoms with Crippen molar-refractivity contribution in [3.63, 3.8) is 0 Å². The van der Waals surface area contributed by atoms with E-state index in [0.717, 1.165) is 16.9 Å². The van der Waals surface area contributed by atoms with E-state index in [0.29, 0.717) is 6.61 Å². The van der Waals surface area contributed by atoms with E-state index in [1.54, 1.807) is 11.3 Å². The zero-order valence-electron chi connectivity index (χ0n) is 10.1. The fourth-order valence-electron chi connectivity index (χ4n) is 1.66. The van der Waals surface area contributed by atoms with Crippen molar-refractivity contribution in [3.05, 3.63) is 51.7 Å². The quantitative estimate of drug-likeness (QED) is 0.895. The summed E-state index contributed by atoms with van der Waals surface area (Å²) in [6.07, 6.45) is 0. The van der Waals surface area contributed by atoms with Gasteiger partial charge in [-0.1, -0.05) is 18.2 Å². The van der Waals surface area contributed by atoms with Crippen LogP contribution in [0, 0.1) is 6.92 Å². The lowest BCUT2D eigenvalue weighted by atomic mass is 10.1. The highest BCUT2D eigenvalue weighted by Crippen LogP contribution is 2.23. The molecule has 0 radical (unpaired) electrons. The molecule has 2 N–H and O–H groups in total. The van der Waals surface area contributed by atoms with Crippen LogP contribution < -0.4 is 10.5 Å². The Morgan fingerprint density at radius 1 is 1.35 bits per heavy atom. The van der Waals surface area contributed by atoms with Crippen LogP contribution in [-0.4, -0.2) is 0 Å². The fraction of sp³-hybridized carbons (Fsp3) is 0.286. The molecule has 0 spiro atoms. The Labute approximate surface area is 106 Å². The van der Waals surface area contributed by atoms with Crippen molar-refractivity contribution in [1.82, 2.24) is 0 Å². The third-order valence-corrected chi connectivity index (χ3v) is 3.52. The van der Waals surface area contributed by atoms with E-state index in [1.807, 2.05) is 25.1 Å². The molecule has 1 unspecified atom stereocenters. The first-order valence-electron chi connectivity index (χ1n) is 5.68. The van der Waals surface area contributed by atoms with Crippen molar-refractivity contribution in [1.29, 1.82) is 0 Å². The summed E-state index contributed by atoms with van der Waals surface area (Å²) in [5.41, 5.74) is 8.12. The molecule has 90 valence electrons. The smallest absolute Gasteiger partial charge is 0.122 e. The van der Waals surface area contributed by atoms with Gasteiger partial charge in [0.1, 0.15) is 12.4 Å². The number of benzene rings is 1. The summed E-state index contributed by atoms with van der Waals surface area (Å²) in [6, 6.07) is 10.3. The van der Waals surface area contributed by atoms with Crippen molar-refractivity contribution in [2.75, 3.05) is 0 Å². The molecule has 2 rings (SSSR count). The normalized spacial score (nSPS) is 12.4. The van der Waals surface area contributed by atoms with E-state index in [9.17, 15) is 0 Å². The molecule has 1 aromatic heterocycles. The number of ether oxygens (including phenoxy) is 1. The van der Waals surface area contributed by atoms with Gasteiger partial charge in [-0.15, -0.1) is 11.3 Å². The summed E-state index contributed by atoms with van der Waals surface area (Å²) in [5.74, 6) is 0.933. The number of aryl methyl sites for hydroxylation is 1. The standard InChI is InChI=1S/C14H17NOS/c1-10-8-12(11(2)15)5-6-14(10)16-9-13-4-3-7-17-13/h3-8,11H,9,15H2,1-2H3. The second-order valence-electron chi connectivity index (χ2n) is 4.18. The summed E-state index contributed by atoms with van der Waals surface area (Å²) in [7, 11) is 0. The van der Waals surface area contributed by atoms with Gasteiger partial charge < -0.3 is 10.5 Å². The molecule has 0 fully saturated rings. The lowest BCUT2D eigenvalue weighted by Crippen LogP contribution is -2.05. The predicted octanol–water partition coefficient (Wildman–Crippen LogP) is 3.66. The molecule has 0 bridgehead atoms. The highest BCUT2D eigenvalue weighted by atomic mass is 32.1. The van der Waals surface area contributed by atoms with Crippen LogP contribution in [0.25, 0.3) is 0 Å². The molecular formula is C14H17NOS. The average molecular weight is 247 g/mol. The van der Waals surface area contributed by atoms with E-state index in [1.165, 1.54) is 4.88 Å². The zero-order chi connectivity index (χ0) is 12.3. The summed E-state index contributed by atoms with van der Waals surface area (Å²) in [4.78, 5) is 1.24. The van der Waals surface area contributed by atoms with Crippen LogP contribution in [0.2, 0.25) is 0 Å². The largest absolute Gasteiger partial charge is 0.488 e. The molecule has 1 heterocycles. The van der Waals surface area contributed by atoms with Gasteiger partial charge in [-0.05, 0) is 42.5 Å². The molecule has 0 aliphatic carbocycles. The first-order valence-corrected chi connectivity index (χ1v) is 6.56. The number of thiophene rings is 1. The Hall–Kier alpha value is -1.32. The van der Waals surface area contributed by atoms with E-state index in [-0.39, 0.29) is 6.04 Å². The lowest BCUT2D eigenvalue weighted by Gasteiger charge is -2.11. The van der Waals surface area contributed by atoms with Crippen LogP contribution in [0.5, 0.6) is 5.75 Å². The molecule has 0 aliphatic rings. The van der Waals surface area contributed by atoms with Gasteiger partial charge in [-0.3, -0.25) is 0 Å². The van der Waals surface area contributed by atoms with Gasteiger partial charge in [0.25, 0.3) is 0 Å². The third-order valence-electron chi connectivity index (χ3n) is 2.67. The van der Waals surface area contributed by atoms with Gasteiger partial charge in [-0.25, -0.2) is 0 Å². The molecule has 3 heteroatoms. The molecular weight excluding hydrogens is 230 g/mol. The minimum atomic E-state index is 0.0695. The van der Waals surface area contributed by atoms with Crippen molar-refractivity contribution < 1.29 is 4.74 Å². The Kier molecular flexibility index (Phi) is 3.82. The summed E-state index contributed by atoms with van der Waals surface area (Å²) >= 11 is 1.71. The zero-order valence-corrected chi connectivity index (χ0v) is 11.0. The Morgan fingerprint density at radius 2 is 2.18 bits per heavy atom. The van der Waals surface area contributed by atoms with Crippen molar-refractivity contribution in [2.45, 2.75) is 26.5 Å². The maximum absolute atomic E-state index is 5.84. The van der Waals surface area contributed by atoms with E-state index in [4.69, 9.17) is 10.5 Å². The minimum absolute atomic E-state index is 0.0695. The monoisotopic (exact) mass is 247 g/mol. The van der Waals surface area contributed by atoms with Gasteiger partial charge >= 0.3 is 0 Å². The van der Waals surface area contributed by atoms with Crippen molar-refractivity contribution in [2.24, 2.45) is 5.73 Å². The summed E-state index contributed by atoms with van der Waals surface area (Å²) in [6.45, 7) is 4.67. The SMILES string of the molecule is Cc1cc(C(C)N)ccc1OCc1cccs1. The number of hydrogen-bond donors (Lipinski definition) is 1. The molecule has 17 heavy (non-hydrogen) atoms. The van der Waals surface area contributed by atoms with Crippen molar-refractivity contribution in [3.8, 4) is 5.75 Å². The molecule has 1 aromatic carbocycles. The maximum Gasteiger partial charge on any atom is 0.122 e. The topological polar surface area (TPSA) is 35.2 Å². The predicted molar refractivity (Wildman–Crippen MR) is 72.4 cm³/mol. The Balaban J connectivity index is 2.06. The Morgan fingerprint density at radius 3 is 2.76 bits per heavy atom. The first kappa shape index (κ1) is 12.1. The van der Waals surface area contributed by atoms with Crippen LogP contribution in [0.4, 0.5) is 0 Å². The molecule has 1 atom stereocenters. The fourth-order valence-corrected chi connectivity index (χ4v) is 2.28. The van der Waals surface area contributed by atoms with Gasteiger partial charge in [0.15, 0.2) is 0 Å². The van der Waals surface area contributed by atoms with E-state index < -0.39 is 0 Å². The molecule has 0 saturated carbocycles. The highest BCUT2D eigenvalue weighted by molar-refractivity contribution is 7.09. The van der Waals surface area contributed by atoms with Crippen LogP contribution in [0.3, 0.4) is 0 Å². The number of rotatable bonds is 4. The van der Waals surface area contributed by atoms with Gasteiger partial charge in [-0.2, -0.15) is 0 Å². The Bertz CT molecular complexity index is 477. The summed E-state index contributed by atoms with van der Waals surface area (Å²) in [5, 5.41) is 2.06. The lowest BCUT2D eigenvalue weighted by molar-refractivity contribution is 0.307. The van der Waals surface area contributed by atoms with Gasteiger partial charge in [0.2, 0.25) is 0 Å². The second kappa shape index (κ2) is 5.34. The molecule has 0 aliphatic heterocycles. The van der Waals surface area contributed by atoms with E-state index in [2.05, 4.69) is 24.4 Å². The number of hydrogen-bond acceptors (Lipinski definition) is 3. The highest BCUT2D eigenvalue weighted by Gasteiger charge is 2.04. The number of nitrogens with two attached hydrogens (primary N) is 1. The van der Waals surface area contributed by atoms with Crippen LogP contribution in [-0.2, 0) is 6.61 Å². The van der Waals surface area contributed by atoms with Gasteiger partial charge in [0.05, 0.1) is 0 Å². The van der Waals surface area contributed by atoms with Crippen molar-refractivity contribution >= 4 is 11.3 Å². The molecule has 2 nitrogen and oxygen atoms in total. The van der Waals surface area contributed by atoms with Crippen LogP contribution >= 0.6 is 11.3 Å². The molecule has 0 amide bonds. The minimum Gasteiger partial charge on any atom is -0.488 e. The van der Waals surface area contributed by atoms with Gasteiger partial charge in [0, 0.05) is 10.9 Å². The maximum atomic E-state index is 5.84. The van der Waals surface area contributed by atoms with Crippen LogP contribution in [0.15, 0.2) is 35.7 Å². The van der Waals surface area contributed by atoms with E-state index >= 15 is 0 Å². The molecule has 0 saturated heterocycles. The van der Waals surface area contributed by atoms with Crippen LogP contribution in [0.1, 0.15) is 29.0 Å². The average Bonchev–Trinajstić information content (AvgIpc) is 2.80. The first-order chi connectivity index (χ1) is 8.16. The third kappa shape index (κ3) is 3.08. The molecule has 2 aromatic rings. The summed E-state index contributed by atoms with van der Waals surface area (Å²) < 4.78 is 5.79. The second-order valence-corrected chi connectivity index (χ2v) is 5.21.